The number of carbonyl (C=O) groups is 3. The first kappa shape index (κ1) is 24.5. The van der Waals surface area contributed by atoms with Crippen molar-refractivity contribution in [3.63, 3.8) is 0 Å². The third-order valence-corrected chi connectivity index (χ3v) is 6.93. The second kappa shape index (κ2) is 10.8. The molecular weight excluding hydrogens is 444 g/mol. The molecule has 7 nitrogen and oxygen atoms in total. The highest BCUT2D eigenvalue weighted by atomic mass is 16.5. The minimum Gasteiger partial charge on any atom is -0.481 e. The van der Waals surface area contributed by atoms with E-state index in [0.29, 0.717) is 19.4 Å². The van der Waals surface area contributed by atoms with Crippen LogP contribution in [0.2, 0.25) is 0 Å². The van der Waals surface area contributed by atoms with Crippen molar-refractivity contribution in [2.24, 2.45) is 11.8 Å². The van der Waals surface area contributed by atoms with Crippen molar-refractivity contribution in [3.8, 4) is 11.1 Å². The summed E-state index contributed by atoms with van der Waals surface area (Å²) in [6.45, 7) is 4.30. The van der Waals surface area contributed by atoms with Crippen LogP contribution in [0.15, 0.2) is 60.7 Å². The van der Waals surface area contributed by atoms with Crippen LogP contribution in [-0.2, 0) is 14.3 Å². The monoisotopic (exact) mass is 476 g/mol. The Kier molecular flexibility index (Phi) is 7.54. The number of amides is 2. The molecule has 2 N–H and O–H groups in total. The number of ether oxygens (including phenoxy) is 1. The van der Waals surface area contributed by atoms with Gasteiger partial charge in [-0.15, -0.1) is 0 Å². The zero-order chi connectivity index (χ0) is 24.9. The van der Waals surface area contributed by atoms with E-state index in [1.807, 2.05) is 43.3 Å². The number of carboxylic acids is 1. The van der Waals surface area contributed by atoms with Crippen LogP contribution in [0.4, 0.5) is 4.79 Å². The number of allylic oxidation sites excluding steroid dienone is 1. The number of nitrogens with zero attached hydrogens (tertiary/aromatic N) is 1. The fraction of sp³-hybridized carbons (Fsp3) is 0.393. The minimum atomic E-state index is -0.922. The molecule has 0 aromatic heterocycles. The predicted molar refractivity (Wildman–Crippen MR) is 133 cm³/mol. The molecule has 4 rings (SSSR count). The van der Waals surface area contributed by atoms with Crippen molar-refractivity contribution < 1.29 is 24.2 Å². The van der Waals surface area contributed by atoms with Crippen molar-refractivity contribution in [1.82, 2.24) is 10.2 Å². The van der Waals surface area contributed by atoms with Gasteiger partial charge in [0.25, 0.3) is 0 Å². The minimum absolute atomic E-state index is 0.0151. The first-order valence-corrected chi connectivity index (χ1v) is 12.2. The lowest BCUT2D eigenvalue weighted by molar-refractivity contribution is -0.144. The van der Waals surface area contributed by atoms with Gasteiger partial charge < -0.3 is 20.1 Å². The molecule has 2 aliphatic carbocycles. The molecule has 0 fully saturated rings. The summed E-state index contributed by atoms with van der Waals surface area (Å²) in [5.74, 6) is -1.95. The van der Waals surface area contributed by atoms with Crippen LogP contribution < -0.4 is 5.32 Å². The smallest absolute Gasteiger partial charge is 0.407 e. The molecule has 0 spiro atoms. The molecule has 2 aliphatic rings. The highest BCUT2D eigenvalue weighted by molar-refractivity contribution is 5.81. The average molecular weight is 477 g/mol. The highest BCUT2D eigenvalue weighted by Crippen LogP contribution is 2.44. The topological polar surface area (TPSA) is 95.9 Å². The summed E-state index contributed by atoms with van der Waals surface area (Å²) in [5, 5.41) is 12.1. The van der Waals surface area contributed by atoms with Crippen LogP contribution in [0.1, 0.15) is 43.7 Å². The van der Waals surface area contributed by atoms with Gasteiger partial charge >= 0.3 is 12.1 Å². The number of aliphatic carboxylic acids is 1. The molecule has 0 heterocycles. The molecule has 0 saturated carbocycles. The van der Waals surface area contributed by atoms with Gasteiger partial charge in [0.2, 0.25) is 5.91 Å². The maximum absolute atomic E-state index is 13.0. The molecule has 0 saturated heterocycles. The molecule has 7 heteroatoms. The molecule has 3 atom stereocenters. The van der Waals surface area contributed by atoms with E-state index < -0.39 is 18.0 Å². The number of benzene rings is 2. The number of alkyl carbamates (subject to hydrolysis) is 1. The summed E-state index contributed by atoms with van der Waals surface area (Å²) >= 11 is 0. The third kappa shape index (κ3) is 5.39. The summed E-state index contributed by atoms with van der Waals surface area (Å²) in [7, 11) is 0. The zero-order valence-corrected chi connectivity index (χ0v) is 20.1. The van der Waals surface area contributed by atoms with Crippen LogP contribution >= 0.6 is 0 Å². The van der Waals surface area contributed by atoms with E-state index >= 15 is 0 Å². The van der Waals surface area contributed by atoms with Gasteiger partial charge in [-0.25, -0.2) is 4.79 Å². The maximum Gasteiger partial charge on any atom is 0.407 e. The van der Waals surface area contributed by atoms with Crippen LogP contribution in [0.3, 0.4) is 0 Å². The van der Waals surface area contributed by atoms with Gasteiger partial charge in [-0.3, -0.25) is 9.59 Å². The summed E-state index contributed by atoms with van der Waals surface area (Å²) < 4.78 is 5.64. The summed E-state index contributed by atoms with van der Waals surface area (Å²) in [6.07, 6.45) is 4.30. The van der Waals surface area contributed by atoms with E-state index in [4.69, 9.17) is 4.74 Å². The Bertz CT molecular complexity index is 1080. The van der Waals surface area contributed by atoms with Crippen molar-refractivity contribution in [1.29, 1.82) is 0 Å². The van der Waals surface area contributed by atoms with E-state index in [9.17, 15) is 19.5 Å². The number of hydrogen-bond acceptors (Lipinski definition) is 4. The molecule has 2 amide bonds. The SMILES string of the molecule is CCN(CC(C)C(=O)O)C(=O)[C@@H]1CC=C[C@@H](NC(=O)OCC2c3ccccc3-c3ccccc32)C1. The van der Waals surface area contributed by atoms with Gasteiger partial charge in [0.1, 0.15) is 6.61 Å². The van der Waals surface area contributed by atoms with E-state index in [1.54, 1.807) is 11.8 Å². The zero-order valence-electron chi connectivity index (χ0n) is 20.1. The molecule has 2 aromatic carbocycles. The molecule has 184 valence electrons. The van der Waals surface area contributed by atoms with Gasteiger partial charge in [-0.2, -0.15) is 0 Å². The van der Waals surface area contributed by atoms with Gasteiger partial charge in [0.05, 0.1) is 12.0 Å². The van der Waals surface area contributed by atoms with Gasteiger partial charge in [-0.05, 0) is 42.0 Å². The van der Waals surface area contributed by atoms with Crippen molar-refractivity contribution in [2.75, 3.05) is 19.7 Å². The van der Waals surface area contributed by atoms with E-state index in [1.165, 1.54) is 11.1 Å². The summed E-state index contributed by atoms with van der Waals surface area (Å²) in [6, 6.07) is 16.0. The summed E-state index contributed by atoms with van der Waals surface area (Å²) in [5.41, 5.74) is 4.65. The molecule has 35 heavy (non-hydrogen) atoms. The van der Waals surface area contributed by atoms with E-state index in [0.717, 1.165) is 11.1 Å². The first-order chi connectivity index (χ1) is 16.9. The number of rotatable bonds is 8. The molecule has 2 aromatic rings. The largest absolute Gasteiger partial charge is 0.481 e. The lowest BCUT2D eigenvalue weighted by atomic mass is 9.89. The van der Waals surface area contributed by atoms with E-state index in [2.05, 4.69) is 29.6 Å². The Balaban J connectivity index is 1.34. The molecular formula is C28H32N2O5. The average Bonchev–Trinajstić information content (AvgIpc) is 3.19. The Morgan fingerprint density at radius 3 is 2.31 bits per heavy atom. The first-order valence-electron chi connectivity index (χ1n) is 12.2. The highest BCUT2D eigenvalue weighted by Gasteiger charge is 2.31. The normalized spacial score (nSPS) is 19.4. The molecule has 0 bridgehead atoms. The molecule has 0 radical (unpaired) electrons. The van der Waals surface area contributed by atoms with Crippen LogP contribution in [0.25, 0.3) is 11.1 Å². The summed E-state index contributed by atoms with van der Waals surface area (Å²) in [4.78, 5) is 38.5. The van der Waals surface area contributed by atoms with Crippen LogP contribution in [-0.4, -0.2) is 53.7 Å². The standard InChI is InChI=1S/C28H32N2O5/c1-3-30(16-18(2)27(32)33)26(31)19-9-8-10-20(15-19)29-28(34)35-17-25-23-13-6-4-11-21(23)22-12-5-7-14-24(22)25/h4-8,10-14,18-20,25H,3,9,15-17H2,1-2H3,(H,29,34)(H,32,33)/t18?,19-,20-/m1/s1. The van der Waals surface area contributed by atoms with Gasteiger partial charge in [-0.1, -0.05) is 67.6 Å². The lowest BCUT2D eigenvalue weighted by Crippen LogP contribution is -2.44. The van der Waals surface area contributed by atoms with Crippen molar-refractivity contribution in [3.05, 3.63) is 71.8 Å². The number of fused-ring (bicyclic) bond motifs is 3. The fourth-order valence-corrected chi connectivity index (χ4v) is 5.03. The Labute approximate surface area is 205 Å². The quantitative estimate of drug-likeness (QED) is 0.550. The Morgan fingerprint density at radius 2 is 1.71 bits per heavy atom. The Morgan fingerprint density at radius 1 is 1.09 bits per heavy atom. The van der Waals surface area contributed by atoms with Crippen molar-refractivity contribution in [2.45, 2.75) is 38.6 Å². The van der Waals surface area contributed by atoms with Crippen LogP contribution in [0.5, 0.6) is 0 Å². The Hall–Kier alpha value is -3.61. The van der Waals surface area contributed by atoms with E-state index in [-0.39, 0.29) is 36.9 Å². The third-order valence-electron chi connectivity index (χ3n) is 6.93. The number of carbonyl (C=O) groups excluding carboxylic acids is 2. The number of hydrogen-bond donors (Lipinski definition) is 2. The molecule has 1 unspecified atom stereocenters. The second-order valence-corrected chi connectivity index (χ2v) is 9.29. The lowest BCUT2D eigenvalue weighted by Gasteiger charge is -2.30. The maximum atomic E-state index is 13.0. The van der Waals surface area contributed by atoms with Gasteiger partial charge in [0.15, 0.2) is 0 Å². The van der Waals surface area contributed by atoms with Crippen molar-refractivity contribution >= 4 is 18.0 Å². The van der Waals surface area contributed by atoms with Crippen LogP contribution in [0, 0.1) is 11.8 Å². The van der Waals surface area contributed by atoms with Gasteiger partial charge in [0, 0.05) is 24.9 Å². The number of nitrogens with one attached hydrogen (secondary N) is 1. The molecule has 0 aliphatic heterocycles. The predicted octanol–water partition coefficient (Wildman–Crippen LogP) is 4.43. The fourth-order valence-electron chi connectivity index (χ4n) is 5.03. The second-order valence-electron chi connectivity index (χ2n) is 9.29. The number of carboxylic acid groups (broad SMARTS) is 1.